The monoisotopic (exact) mass is 1050 g/mol. The third kappa shape index (κ3) is 14.3. The molecule has 74 heavy (non-hydrogen) atoms. The van der Waals surface area contributed by atoms with E-state index in [0.29, 0.717) is 25.3 Å². The number of esters is 1. The van der Waals surface area contributed by atoms with E-state index in [4.69, 9.17) is 47.5 Å². The van der Waals surface area contributed by atoms with E-state index in [1.807, 2.05) is 97.9 Å². The minimum Gasteiger partial charge on any atom is -0.458 e. The van der Waals surface area contributed by atoms with Crippen molar-refractivity contribution in [2.75, 3.05) is 74.2 Å². The summed E-state index contributed by atoms with van der Waals surface area (Å²) in [6.45, 7) is 26.5. The Morgan fingerprint density at radius 1 is 0.851 bits per heavy atom. The number of fused-ring (bicyclic) bond motifs is 1. The summed E-state index contributed by atoms with van der Waals surface area (Å²) in [6, 6.07) is 9.43. The van der Waals surface area contributed by atoms with Gasteiger partial charge < -0.3 is 77.5 Å². The Bertz CT molecular complexity index is 1950. The van der Waals surface area contributed by atoms with Gasteiger partial charge in [-0.1, -0.05) is 77.0 Å². The van der Waals surface area contributed by atoms with Gasteiger partial charge in [-0.3, -0.25) is 4.79 Å². The van der Waals surface area contributed by atoms with E-state index in [0.717, 1.165) is 25.2 Å². The first kappa shape index (κ1) is 61.8. The predicted molar refractivity (Wildman–Crippen MR) is 278 cm³/mol. The molecule has 1 aromatic rings. The number of methoxy groups -OCH3 is 1. The van der Waals surface area contributed by atoms with Gasteiger partial charge in [0.1, 0.15) is 30.0 Å². The van der Waals surface area contributed by atoms with E-state index in [-0.39, 0.29) is 51.2 Å². The van der Waals surface area contributed by atoms with E-state index in [2.05, 4.69) is 28.8 Å². The van der Waals surface area contributed by atoms with Crippen LogP contribution in [0.4, 0.5) is 4.79 Å². The Balaban J connectivity index is 1.57. The Labute approximate surface area is 441 Å². The van der Waals surface area contributed by atoms with E-state index >= 15 is 0 Å². The smallest absolute Gasteiger partial charge is 0.458 e. The molecule has 0 radical (unpaired) electrons. The van der Waals surface area contributed by atoms with Crippen LogP contribution in [0, 0.1) is 23.7 Å². The first-order valence-corrected chi connectivity index (χ1v) is 27.1. The lowest BCUT2D eigenvalue weighted by Crippen LogP contribution is -2.70. The van der Waals surface area contributed by atoms with Crippen molar-refractivity contribution >= 4 is 17.8 Å². The van der Waals surface area contributed by atoms with Gasteiger partial charge in [-0.05, 0) is 101 Å². The number of hydrogen-bond donors (Lipinski definition) is 3. The van der Waals surface area contributed by atoms with Crippen molar-refractivity contribution in [3.8, 4) is 0 Å². The van der Waals surface area contributed by atoms with Gasteiger partial charge in [-0.15, -0.1) is 0 Å². The molecule has 0 amide bonds. The van der Waals surface area contributed by atoms with Crippen molar-refractivity contribution in [1.29, 1.82) is 0 Å². The lowest BCUT2D eigenvalue weighted by Gasteiger charge is -2.54. The molecule has 4 aliphatic heterocycles. The van der Waals surface area contributed by atoms with E-state index in [9.17, 15) is 24.9 Å². The van der Waals surface area contributed by atoms with Crippen LogP contribution >= 0.6 is 0 Å². The molecule has 0 unspecified atom stereocenters. The molecule has 3 N–H and O–H groups in total. The van der Waals surface area contributed by atoms with Gasteiger partial charge in [0.25, 0.3) is 0 Å². The molecule has 19 heteroatoms. The minimum atomic E-state index is -1.78. The Morgan fingerprint density at radius 3 is 2.15 bits per heavy atom. The minimum absolute atomic E-state index is 0.00302. The highest BCUT2D eigenvalue weighted by molar-refractivity contribution is 5.89. The lowest BCUT2D eigenvalue weighted by molar-refractivity contribution is -0.339. The first-order chi connectivity index (χ1) is 34.8. The van der Waals surface area contributed by atoms with Gasteiger partial charge >= 0.3 is 12.1 Å². The summed E-state index contributed by atoms with van der Waals surface area (Å²) in [6.07, 6.45) is -8.92. The molecule has 424 valence electrons. The third-order valence-corrected chi connectivity index (χ3v) is 16.6. The summed E-state index contributed by atoms with van der Waals surface area (Å²) in [4.78, 5) is 40.5. The molecule has 0 aromatic heterocycles. The van der Waals surface area contributed by atoms with Crippen LogP contribution in [-0.2, 0) is 58.9 Å². The van der Waals surface area contributed by atoms with Crippen LogP contribution in [-0.4, -0.2) is 206 Å². The van der Waals surface area contributed by atoms with Crippen LogP contribution in [0.5, 0.6) is 0 Å². The quantitative estimate of drug-likeness (QED) is 0.0821. The van der Waals surface area contributed by atoms with Crippen LogP contribution in [0.3, 0.4) is 0 Å². The zero-order valence-electron chi connectivity index (χ0n) is 47.5. The highest BCUT2D eigenvalue weighted by atomic mass is 16.8. The number of carbonyl (C=O) groups is 2. The van der Waals surface area contributed by atoms with Crippen LogP contribution in [0.1, 0.15) is 114 Å². The molecule has 0 saturated carbocycles. The summed E-state index contributed by atoms with van der Waals surface area (Å²) >= 11 is 0. The number of carbonyl (C=O) groups excluding carboxylic acids is 2. The Kier molecular flexibility index (Phi) is 22.2. The van der Waals surface area contributed by atoms with Crippen molar-refractivity contribution in [2.45, 2.75) is 199 Å². The second-order valence-electron chi connectivity index (χ2n) is 22.5. The molecular formula is C55H94N4O15. The van der Waals surface area contributed by atoms with Gasteiger partial charge in [0, 0.05) is 57.0 Å². The second-order valence-corrected chi connectivity index (χ2v) is 22.5. The largest absolute Gasteiger partial charge is 0.509 e. The molecule has 0 bridgehead atoms. The number of rotatable bonds is 20. The van der Waals surface area contributed by atoms with Crippen LogP contribution in [0.2, 0.25) is 0 Å². The number of hydrogen-bond acceptors (Lipinski definition) is 19. The number of oxime groups is 1. The summed E-state index contributed by atoms with van der Waals surface area (Å²) in [5.74, 6) is -3.87. The number of aliphatic hydroxyl groups is 3. The zero-order chi connectivity index (χ0) is 54.9. The van der Waals surface area contributed by atoms with E-state index in [1.54, 1.807) is 34.8 Å². The van der Waals surface area contributed by atoms with Gasteiger partial charge in [-0.2, -0.15) is 0 Å². The maximum atomic E-state index is 14.9. The van der Waals surface area contributed by atoms with Crippen molar-refractivity contribution in [3.05, 3.63) is 35.9 Å². The number of aliphatic hydroxyl groups excluding tert-OH is 1. The van der Waals surface area contributed by atoms with Crippen molar-refractivity contribution in [2.24, 2.45) is 28.8 Å². The fourth-order valence-corrected chi connectivity index (χ4v) is 11.9. The normalized spacial score (nSPS) is 40.2. The molecule has 19 nitrogen and oxygen atoms in total. The molecule has 4 fully saturated rings. The third-order valence-electron chi connectivity index (χ3n) is 16.6. The highest BCUT2D eigenvalue weighted by Gasteiger charge is 2.61. The maximum Gasteiger partial charge on any atom is 0.509 e. The average molecular weight is 1050 g/mol. The summed E-state index contributed by atoms with van der Waals surface area (Å²) in [7, 11) is 7.29. The van der Waals surface area contributed by atoms with Crippen LogP contribution in [0.15, 0.2) is 35.5 Å². The lowest BCUT2D eigenvalue weighted by atomic mass is 9.73. The fourth-order valence-electron chi connectivity index (χ4n) is 11.9. The fraction of sp³-hybridized carbons (Fsp3) is 0.836. The predicted octanol–water partition coefficient (Wildman–Crippen LogP) is 5.63. The van der Waals surface area contributed by atoms with Crippen LogP contribution in [0.25, 0.3) is 0 Å². The molecule has 4 aliphatic rings. The number of likely N-dealkylation sites (N-methyl/N-ethyl adjacent to an activating group) is 3. The summed E-state index contributed by atoms with van der Waals surface area (Å²) in [5, 5.41) is 42.4. The van der Waals surface area contributed by atoms with Crippen molar-refractivity contribution in [3.63, 3.8) is 0 Å². The number of ether oxygens (including phenoxy) is 9. The highest BCUT2D eigenvalue weighted by Crippen LogP contribution is 2.45. The number of benzene rings is 1. The standard InChI is InChI=1S/C55H94N4O15/c1-17-42-54(12)48(73-51(62)74-54)36(6)44(56-67-28-27-66-32-40-23-21-20-22-24-40)34(4)30-52(10,63)47(72-50-45(60)41(57(13)14)29-35(5)68-50)37(7)46(38(8)49(61)70-42)71-43-31-53(11,65-16)55(64,39(9)69-43)33-58(15)25-26-59(18-2)19-3/h20-24,34-39,41-43,45-48,50,60,63-64H,17-19,25-33H2,1-16H3/b56-44+/t34-,35-,36+,37+,38-,39+,41+,42-,43+,45-,46+,47-,48-,50+,52+,53-,54-,55-/m1/s1. The van der Waals surface area contributed by atoms with E-state index in [1.165, 1.54) is 0 Å². The summed E-state index contributed by atoms with van der Waals surface area (Å²) < 4.78 is 57.5. The number of cyclic esters (lactones) is 1. The maximum absolute atomic E-state index is 14.9. The molecule has 4 heterocycles. The molecule has 4 saturated heterocycles. The van der Waals surface area contributed by atoms with E-state index < -0.39 is 107 Å². The zero-order valence-corrected chi connectivity index (χ0v) is 47.5. The Hall–Kier alpha value is -3.05. The first-order valence-electron chi connectivity index (χ1n) is 27.1. The molecule has 5 rings (SSSR count). The molecule has 18 atom stereocenters. The van der Waals surface area contributed by atoms with Crippen LogP contribution < -0.4 is 0 Å². The van der Waals surface area contributed by atoms with Gasteiger partial charge in [-0.25, -0.2) is 4.79 Å². The topological polar surface area (TPSA) is 209 Å². The van der Waals surface area contributed by atoms with Crippen molar-refractivity contribution in [1.82, 2.24) is 14.7 Å². The van der Waals surface area contributed by atoms with Crippen molar-refractivity contribution < 1.29 is 72.4 Å². The average Bonchev–Trinajstić information content (AvgIpc) is 3.67. The number of nitrogens with zero attached hydrogens (tertiary/aromatic N) is 4. The molecule has 0 spiro atoms. The second kappa shape index (κ2) is 26.5. The molecule has 0 aliphatic carbocycles. The molecular weight excluding hydrogens is 957 g/mol. The SMILES string of the molecule is CC[C@H]1OC(=O)[C@H](C)[C@@H](O[C@H]2C[C@@](C)(OC)[C@@](O)(CN(C)CCN(CC)CC)[C@H](C)O2)[C@H](C)[C@@H](O[C@@H]2O[C@H](C)C[C@H](N(C)C)[C@H]2O)[C@@](C)(O)C[C@@H](C)/C(=N\OCCOCc2ccccc2)[C@H](C)[C@H]2OC(=O)O[C@@]21C. The van der Waals surface area contributed by atoms with Gasteiger partial charge in [0.15, 0.2) is 24.3 Å². The van der Waals surface area contributed by atoms with Gasteiger partial charge in [0.05, 0.1) is 54.9 Å². The molecule has 1 aromatic carbocycles. The Morgan fingerprint density at radius 2 is 1.53 bits per heavy atom. The summed E-state index contributed by atoms with van der Waals surface area (Å²) in [5.41, 5.74) is -4.50. The van der Waals surface area contributed by atoms with Gasteiger partial charge in [0.2, 0.25) is 0 Å².